The van der Waals surface area contributed by atoms with Crippen LogP contribution in [-0.2, 0) is 14.4 Å². The molecule has 9 heteroatoms. The minimum Gasteiger partial charge on any atom is -0.364 e. The molecule has 4 amide bonds. The molecule has 2 aliphatic rings. The Balaban J connectivity index is 1.99. The van der Waals surface area contributed by atoms with Gasteiger partial charge in [-0.15, -0.1) is 11.3 Å². The lowest BCUT2D eigenvalue weighted by Gasteiger charge is -2.36. The van der Waals surface area contributed by atoms with Crippen molar-refractivity contribution in [1.82, 2.24) is 5.06 Å². The van der Waals surface area contributed by atoms with Gasteiger partial charge in [0.2, 0.25) is 6.41 Å². The van der Waals surface area contributed by atoms with Crippen molar-refractivity contribution in [1.29, 1.82) is 0 Å². The number of nitrogens with two attached hydrogens (primary N) is 1. The summed E-state index contributed by atoms with van der Waals surface area (Å²) in [7, 11) is 0. The molecule has 3 atom stereocenters. The SMILES string of the molecule is NC(=O)[C@@H]1CCC[N+]1(C(=O)c1cccs1)C(=O)[C@H](CC1CCCC1)CN(O)C=O. The summed E-state index contributed by atoms with van der Waals surface area (Å²) in [6.07, 6.45) is 5.76. The largest absolute Gasteiger partial charge is 0.364 e. The van der Waals surface area contributed by atoms with Crippen LogP contribution in [0, 0.1) is 11.8 Å². The normalized spacial score (nSPS) is 25.6. The lowest BCUT2D eigenvalue weighted by molar-refractivity contribution is -0.777. The lowest BCUT2D eigenvalue weighted by Crippen LogP contribution is -2.65. The average Bonchev–Trinajstić information content (AvgIpc) is 3.47. The summed E-state index contributed by atoms with van der Waals surface area (Å²) < 4.78 is -0.639. The molecule has 1 aromatic rings. The fourth-order valence-corrected chi connectivity index (χ4v) is 5.69. The third-order valence-corrected chi connectivity index (χ3v) is 7.17. The number of carbonyl (C=O) groups excluding carboxylic acids is 4. The van der Waals surface area contributed by atoms with Crippen LogP contribution in [0.4, 0.5) is 0 Å². The van der Waals surface area contributed by atoms with Crippen LogP contribution in [0.5, 0.6) is 0 Å². The zero-order valence-corrected chi connectivity index (χ0v) is 17.2. The van der Waals surface area contributed by atoms with E-state index in [1.165, 1.54) is 11.3 Å². The highest BCUT2D eigenvalue weighted by Gasteiger charge is 2.59. The predicted molar refractivity (Wildman–Crippen MR) is 106 cm³/mol. The van der Waals surface area contributed by atoms with Crippen LogP contribution in [0.15, 0.2) is 17.5 Å². The Morgan fingerprint density at radius 2 is 2.00 bits per heavy atom. The van der Waals surface area contributed by atoms with E-state index < -0.39 is 34.2 Å². The Morgan fingerprint density at radius 3 is 2.59 bits per heavy atom. The van der Waals surface area contributed by atoms with E-state index in [1.54, 1.807) is 17.5 Å². The van der Waals surface area contributed by atoms with E-state index in [9.17, 15) is 24.4 Å². The molecule has 1 aromatic heterocycles. The Hall–Kier alpha value is -2.10. The van der Waals surface area contributed by atoms with Crippen LogP contribution < -0.4 is 5.73 Å². The first-order valence-corrected chi connectivity index (χ1v) is 11.0. The molecule has 0 spiro atoms. The first-order valence-electron chi connectivity index (χ1n) is 10.1. The number of amides is 4. The number of nitrogens with zero attached hydrogens (tertiary/aromatic N) is 2. The molecule has 1 saturated heterocycles. The second kappa shape index (κ2) is 9.15. The van der Waals surface area contributed by atoms with Crippen LogP contribution in [0.25, 0.3) is 0 Å². The van der Waals surface area contributed by atoms with E-state index in [1.807, 2.05) is 0 Å². The Bertz CT molecular complexity index is 762. The Kier molecular flexibility index (Phi) is 6.81. The van der Waals surface area contributed by atoms with Crippen molar-refractivity contribution in [2.75, 3.05) is 13.1 Å². The first kappa shape index (κ1) is 21.6. The predicted octanol–water partition coefficient (Wildman–Crippen LogP) is 1.92. The quantitative estimate of drug-likeness (QED) is 0.287. The lowest BCUT2D eigenvalue weighted by atomic mass is 9.90. The zero-order valence-electron chi connectivity index (χ0n) is 16.4. The minimum atomic E-state index is -0.924. The Morgan fingerprint density at radius 1 is 1.28 bits per heavy atom. The maximum Gasteiger partial charge on any atom is 0.363 e. The Labute approximate surface area is 173 Å². The van der Waals surface area contributed by atoms with Gasteiger partial charge in [0.05, 0.1) is 19.0 Å². The fourth-order valence-electron chi connectivity index (χ4n) is 4.97. The zero-order chi connectivity index (χ0) is 21.0. The topological polar surface area (TPSA) is 118 Å². The second-order valence-corrected chi connectivity index (χ2v) is 9.03. The summed E-state index contributed by atoms with van der Waals surface area (Å²) in [6, 6.07) is 2.45. The molecule has 158 valence electrons. The highest BCUT2D eigenvalue weighted by atomic mass is 32.1. The smallest absolute Gasteiger partial charge is 0.363 e. The van der Waals surface area contributed by atoms with Gasteiger partial charge in [-0.05, 0) is 23.8 Å². The molecule has 1 aliphatic heterocycles. The number of hydrogen-bond acceptors (Lipinski definition) is 6. The number of imide groups is 1. The molecule has 29 heavy (non-hydrogen) atoms. The summed E-state index contributed by atoms with van der Waals surface area (Å²) in [6.45, 7) is 0.0128. The van der Waals surface area contributed by atoms with Crippen molar-refractivity contribution in [3.8, 4) is 0 Å². The standard InChI is InChI=1S/C20H27N3O5S/c21-18(25)16-7-3-9-23(16,20(27)17-8-4-10-29-17)19(26)15(12-22(28)13-24)11-14-5-1-2-6-14/h4,8,10,13-16,28H,1-3,5-7,9,11-12H2,(H-,21,25)/p+1/t15-,16+,23?/m1/s1. The molecular formula is C20H28N3O5S+. The third kappa shape index (κ3) is 4.26. The van der Waals surface area contributed by atoms with Crippen molar-refractivity contribution >= 4 is 35.5 Å². The maximum absolute atomic E-state index is 13.9. The second-order valence-electron chi connectivity index (χ2n) is 8.08. The molecule has 8 nitrogen and oxygen atoms in total. The van der Waals surface area contributed by atoms with Gasteiger partial charge < -0.3 is 5.73 Å². The van der Waals surface area contributed by atoms with Gasteiger partial charge in [-0.25, -0.2) is 14.7 Å². The van der Waals surface area contributed by atoms with E-state index in [2.05, 4.69) is 0 Å². The number of thiophene rings is 1. The van der Waals surface area contributed by atoms with E-state index in [-0.39, 0.29) is 19.5 Å². The van der Waals surface area contributed by atoms with Gasteiger partial charge in [0, 0.05) is 12.8 Å². The maximum atomic E-state index is 13.9. The highest BCUT2D eigenvalue weighted by molar-refractivity contribution is 7.12. The number of carbonyl (C=O) groups is 4. The molecule has 0 bridgehead atoms. The first-order chi connectivity index (χ1) is 13.9. The molecule has 3 N–H and O–H groups in total. The number of primary amides is 1. The number of likely N-dealkylation sites (tertiary alicyclic amines) is 1. The average molecular weight is 423 g/mol. The van der Waals surface area contributed by atoms with Crippen molar-refractivity contribution in [3.63, 3.8) is 0 Å². The summed E-state index contributed by atoms with van der Waals surface area (Å²) in [5.41, 5.74) is 5.62. The van der Waals surface area contributed by atoms with Gasteiger partial charge in [0.1, 0.15) is 4.88 Å². The van der Waals surface area contributed by atoms with Crippen molar-refractivity contribution in [3.05, 3.63) is 22.4 Å². The van der Waals surface area contributed by atoms with E-state index >= 15 is 0 Å². The summed E-state index contributed by atoms with van der Waals surface area (Å²) in [4.78, 5) is 51.0. The van der Waals surface area contributed by atoms with Gasteiger partial charge in [-0.1, -0.05) is 31.7 Å². The van der Waals surface area contributed by atoms with Gasteiger partial charge in [-0.2, -0.15) is 4.48 Å². The molecule has 0 radical (unpaired) electrons. The van der Waals surface area contributed by atoms with Crippen molar-refractivity contribution in [2.45, 2.75) is 51.0 Å². The van der Waals surface area contributed by atoms with Crippen LogP contribution in [-0.4, -0.2) is 58.0 Å². The molecule has 3 rings (SSSR count). The monoisotopic (exact) mass is 422 g/mol. The van der Waals surface area contributed by atoms with Gasteiger partial charge >= 0.3 is 11.8 Å². The van der Waals surface area contributed by atoms with Crippen LogP contribution >= 0.6 is 11.3 Å². The summed E-state index contributed by atoms with van der Waals surface area (Å²) in [5.74, 6) is -1.94. The molecule has 0 aromatic carbocycles. The van der Waals surface area contributed by atoms with E-state index in [0.29, 0.717) is 35.1 Å². The molecule has 2 heterocycles. The van der Waals surface area contributed by atoms with Gasteiger partial charge in [-0.3, -0.25) is 14.8 Å². The van der Waals surface area contributed by atoms with Crippen LogP contribution in [0.1, 0.15) is 54.6 Å². The highest BCUT2D eigenvalue weighted by Crippen LogP contribution is 2.37. The third-order valence-electron chi connectivity index (χ3n) is 6.31. The molecule has 2 fully saturated rings. The summed E-state index contributed by atoms with van der Waals surface area (Å²) >= 11 is 1.23. The number of hydroxylamine groups is 2. The summed E-state index contributed by atoms with van der Waals surface area (Å²) in [5, 5.41) is 12.0. The molecule has 1 saturated carbocycles. The van der Waals surface area contributed by atoms with E-state index in [0.717, 1.165) is 25.7 Å². The molecule has 1 unspecified atom stereocenters. The number of hydrogen-bond donors (Lipinski definition) is 2. The minimum absolute atomic E-state index is 0.192. The van der Waals surface area contributed by atoms with Crippen LogP contribution in [0.2, 0.25) is 0 Å². The van der Waals surface area contributed by atoms with Gasteiger partial charge in [0.15, 0.2) is 6.04 Å². The van der Waals surface area contributed by atoms with Crippen molar-refractivity contribution < 1.29 is 28.9 Å². The van der Waals surface area contributed by atoms with Crippen molar-refractivity contribution in [2.24, 2.45) is 17.6 Å². The van der Waals surface area contributed by atoms with Crippen LogP contribution in [0.3, 0.4) is 0 Å². The number of quaternary nitrogens is 1. The van der Waals surface area contributed by atoms with Gasteiger partial charge in [0.25, 0.3) is 5.91 Å². The fraction of sp³-hybridized carbons (Fsp3) is 0.600. The number of rotatable bonds is 8. The molecule has 1 aliphatic carbocycles. The van der Waals surface area contributed by atoms with E-state index in [4.69, 9.17) is 5.73 Å². The molecular weight excluding hydrogens is 394 g/mol.